The van der Waals surface area contributed by atoms with Gasteiger partial charge in [0, 0.05) is 6.54 Å². The fraction of sp³-hybridized carbons (Fsp3) is 0.294. The molecule has 1 atom stereocenters. The van der Waals surface area contributed by atoms with E-state index >= 15 is 0 Å². The molecule has 2 aromatic rings. The number of benzene rings is 2. The molecule has 0 saturated heterocycles. The van der Waals surface area contributed by atoms with E-state index in [1.807, 2.05) is 49.4 Å². The zero-order valence-corrected chi connectivity index (χ0v) is 14.9. The molecule has 0 aliphatic heterocycles. The van der Waals surface area contributed by atoms with Crippen LogP contribution in [0.4, 0.5) is 0 Å². The van der Waals surface area contributed by atoms with Crippen LogP contribution in [0.5, 0.6) is 5.75 Å². The molecule has 0 amide bonds. The Morgan fingerprint density at radius 2 is 1.79 bits per heavy atom. The molecule has 0 aliphatic carbocycles. The van der Waals surface area contributed by atoms with Gasteiger partial charge < -0.3 is 9.57 Å². The summed E-state index contributed by atoms with van der Waals surface area (Å²) in [5.41, 5.74) is 8.14. The zero-order chi connectivity index (χ0) is 17.4. The number of aryl methyl sites for hydroxylation is 1. The van der Waals surface area contributed by atoms with Crippen molar-refractivity contribution in [2.24, 2.45) is 5.50 Å². The third-order valence-corrected chi connectivity index (χ3v) is 5.19. The molecule has 0 spiro atoms. The van der Waals surface area contributed by atoms with Crippen LogP contribution in [0.3, 0.4) is 0 Å². The van der Waals surface area contributed by atoms with Crippen LogP contribution in [-0.4, -0.2) is 24.9 Å². The first-order chi connectivity index (χ1) is 11.5. The smallest absolute Gasteiger partial charge is 0.310 e. The highest BCUT2D eigenvalue weighted by molar-refractivity contribution is 7.56. The van der Waals surface area contributed by atoms with Crippen molar-refractivity contribution in [3.63, 3.8) is 0 Å². The third-order valence-electron chi connectivity index (χ3n) is 3.62. The standard InChI is InChI=1S/C17H24N3O3P/c1-15-8-6-7-9-16(15)14-22-13-12-20(2)24(18,21)19-23-17-10-4-3-5-11-17/h3-11H,12-14H2,1-2H3,(H3,18,19,21). The van der Waals surface area contributed by atoms with E-state index in [9.17, 15) is 4.57 Å². The Balaban J connectivity index is 1.73. The second-order valence-electron chi connectivity index (χ2n) is 5.49. The molecule has 2 rings (SSSR count). The Labute approximate surface area is 143 Å². The predicted molar refractivity (Wildman–Crippen MR) is 95.5 cm³/mol. The normalized spacial score (nSPS) is 13.7. The predicted octanol–water partition coefficient (Wildman–Crippen LogP) is 3.09. The Hall–Kier alpha value is -1.69. The minimum absolute atomic E-state index is 0.416. The first-order valence-electron chi connectivity index (χ1n) is 7.71. The Morgan fingerprint density at radius 3 is 2.50 bits per heavy atom. The lowest BCUT2D eigenvalue weighted by Gasteiger charge is -2.24. The van der Waals surface area contributed by atoms with Gasteiger partial charge in [-0.1, -0.05) is 47.7 Å². The van der Waals surface area contributed by atoms with E-state index in [1.165, 1.54) is 10.2 Å². The number of likely N-dealkylation sites (N-methyl/N-ethyl adjacent to an activating group) is 1. The molecule has 1 unspecified atom stereocenters. The fourth-order valence-electron chi connectivity index (χ4n) is 1.98. The molecule has 0 fully saturated rings. The molecule has 6 nitrogen and oxygen atoms in total. The van der Waals surface area contributed by atoms with Crippen LogP contribution >= 0.6 is 7.59 Å². The number of hydrogen-bond acceptors (Lipinski definition) is 3. The van der Waals surface area contributed by atoms with Gasteiger partial charge in [-0.05, 0) is 37.2 Å². The van der Waals surface area contributed by atoms with E-state index in [2.05, 4.69) is 5.25 Å². The van der Waals surface area contributed by atoms with Gasteiger partial charge in [-0.25, -0.2) is 4.67 Å². The summed E-state index contributed by atoms with van der Waals surface area (Å²) in [5, 5.41) is 2.45. The van der Waals surface area contributed by atoms with Crippen molar-refractivity contribution in [1.29, 1.82) is 0 Å². The average Bonchev–Trinajstić information content (AvgIpc) is 2.59. The molecule has 2 aromatic carbocycles. The lowest BCUT2D eigenvalue weighted by atomic mass is 10.1. The van der Waals surface area contributed by atoms with Crippen LogP contribution in [0.2, 0.25) is 0 Å². The Bertz CT molecular complexity index is 682. The van der Waals surface area contributed by atoms with Gasteiger partial charge in [-0.15, -0.1) is 0 Å². The minimum atomic E-state index is -3.29. The van der Waals surface area contributed by atoms with Gasteiger partial charge in [-0.2, -0.15) is 0 Å². The summed E-state index contributed by atoms with van der Waals surface area (Å²) < 4.78 is 19.6. The summed E-state index contributed by atoms with van der Waals surface area (Å²) in [4.78, 5) is 5.26. The number of para-hydroxylation sites is 1. The van der Waals surface area contributed by atoms with Gasteiger partial charge in [0.1, 0.15) is 5.75 Å². The minimum Gasteiger partial charge on any atom is -0.400 e. The molecule has 24 heavy (non-hydrogen) atoms. The molecule has 0 bridgehead atoms. The lowest BCUT2D eigenvalue weighted by molar-refractivity contribution is 0.111. The van der Waals surface area contributed by atoms with Crippen molar-refractivity contribution in [2.45, 2.75) is 13.5 Å². The summed E-state index contributed by atoms with van der Waals surface area (Å²) in [6.07, 6.45) is 0. The largest absolute Gasteiger partial charge is 0.400 e. The van der Waals surface area contributed by atoms with E-state index in [0.717, 1.165) is 5.56 Å². The number of nitrogens with one attached hydrogen (secondary N) is 1. The highest BCUT2D eigenvalue weighted by atomic mass is 31.2. The Kier molecular flexibility index (Phi) is 6.97. The zero-order valence-electron chi connectivity index (χ0n) is 14.0. The number of hydrogen-bond donors (Lipinski definition) is 2. The van der Waals surface area contributed by atoms with Crippen molar-refractivity contribution in [1.82, 2.24) is 9.92 Å². The molecule has 130 valence electrons. The summed E-state index contributed by atoms with van der Waals surface area (Å²) in [5.74, 6) is 0.548. The second-order valence-corrected chi connectivity index (χ2v) is 7.60. The monoisotopic (exact) mass is 349 g/mol. The molecule has 0 aromatic heterocycles. The fourth-order valence-corrected chi connectivity index (χ4v) is 2.73. The summed E-state index contributed by atoms with van der Waals surface area (Å²) in [7, 11) is -1.62. The number of nitrogens with zero attached hydrogens (tertiary/aromatic N) is 1. The van der Waals surface area contributed by atoms with Crippen molar-refractivity contribution in [2.75, 3.05) is 20.2 Å². The summed E-state index contributed by atoms with van der Waals surface area (Å²) in [6, 6.07) is 17.1. The third kappa shape index (κ3) is 5.74. The van der Waals surface area contributed by atoms with Gasteiger partial charge >= 0.3 is 7.59 Å². The SMILES string of the molecule is Cc1ccccc1COCCN(C)P(N)(=O)NOc1ccccc1. The van der Waals surface area contributed by atoms with Gasteiger partial charge in [0.25, 0.3) is 0 Å². The van der Waals surface area contributed by atoms with Gasteiger partial charge in [0.15, 0.2) is 0 Å². The number of ether oxygens (including phenoxy) is 1. The quantitative estimate of drug-likeness (QED) is 0.412. The molecule has 3 N–H and O–H groups in total. The van der Waals surface area contributed by atoms with Crippen LogP contribution in [-0.2, 0) is 15.9 Å². The van der Waals surface area contributed by atoms with E-state index in [4.69, 9.17) is 15.1 Å². The first kappa shape index (κ1) is 18.6. The summed E-state index contributed by atoms with van der Waals surface area (Å²) >= 11 is 0. The lowest BCUT2D eigenvalue weighted by Crippen LogP contribution is -2.33. The maximum atomic E-state index is 12.4. The maximum absolute atomic E-state index is 12.4. The van der Waals surface area contributed by atoms with Crippen LogP contribution < -0.4 is 15.6 Å². The van der Waals surface area contributed by atoms with Gasteiger partial charge in [-0.3, -0.25) is 10.1 Å². The molecule has 0 radical (unpaired) electrons. The number of nitrogens with two attached hydrogens (primary N) is 1. The van der Waals surface area contributed by atoms with E-state index < -0.39 is 7.59 Å². The van der Waals surface area contributed by atoms with Crippen LogP contribution in [0.15, 0.2) is 54.6 Å². The van der Waals surface area contributed by atoms with Crippen LogP contribution in [0.1, 0.15) is 11.1 Å². The highest BCUT2D eigenvalue weighted by Crippen LogP contribution is 2.34. The van der Waals surface area contributed by atoms with E-state index in [1.54, 1.807) is 19.2 Å². The summed E-state index contributed by atoms with van der Waals surface area (Å²) in [6.45, 7) is 3.40. The van der Waals surface area contributed by atoms with Crippen molar-refractivity contribution in [3.8, 4) is 5.75 Å². The highest BCUT2D eigenvalue weighted by Gasteiger charge is 2.23. The van der Waals surface area contributed by atoms with E-state index in [0.29, 0.717) is 25.5 Å². The van der Waals surface area contributed by atoms with Crippen LogP contribution in [0, 0.1) is 6.92 Å². The first-order valence-corrected chi connectivity index (χ1v) is 9.43. The van der Waals surface area contributed by atoms with Crippen molar-refractivity contribution < 1.29 is 14.1 Å². The van der Waals surface area contributed by atoms with E-state index in [-0.39, 0.29) is 0 Å². The maximum Gasteiger partial charge on any atom is 0.310 e. The van der Waals surface area contributed by atoms with Crippen LogP contribution in [0.25, 0.3) is 0 Å². The number of rotatable bonds is 9. The molecule has 0 saturated carbocycles. The topological polar surface area (TPSA) is 76.8 Å². The Morgan fingerprint density at radius 1 is 1.12 bits per heavy atom. The molecule has 0 aliphatic rings. The second kappa shape index (κ2) is 8.97. The van der Waals surface area contributed by atoms with Gasteiger partial charge in [0.05, 0.1) is 13.2 Å². The van der Waals surface area contributed by atoms with Gasteiger partial charge in [0.2, 0.25) is 0 Å². The van der Waals surface area contributed by atoms with Crippen molar-refractivity contribution in [3.05, 3.63) is 65.7 Å². The molecule has 7 heteroatoms. The molecular formula is C17H24N3O3P. The van der Waals surface area contributed by atoms with Crippen molar-refractivity contribution >= 4 is 7.59 Å². The molecule has 0 heterocycles. The average molecular weight is 349 g/mol. The molecular weight excluding hydrogens is 325 g/mol.